The minimum absolute atomic E-state index is 0.0289. The lowest BCUT2D eigenvalue weighted by atomic mass is 9.99. The number of unbranched alkanes of at least 4 members (excludes halogenated alkanes) is 5. The standard InChI is InChI=1S/C64H102FN11O22S/c1-63(2,3)61(65)99(64(4,5)6)42-21-19-41(20-22-42)55(88)68-37-46(69-50(79)25-24-47(60(96)97)76-35-33-74(39-53(84)85)31-29-73(38-52(82)83)30-32-75(34-36-76)40-54(86)87)56(89)70-43(57(90)91)15-11-13-27-66-48(77)17-9-7-8-10-18-49(78)67-28-14-12-16-44(58(92)93)71-62(98)72-45(59(94)95)23-26-51(80)81/h19-22,43-47,61H,7-18,23-40H2,1-6H3,(H14-,66,67,68,69,70,71,72,77,78,79,80,81,82,83,84,85,86,87,88,89,90,91,92,93,94,95,96,97,98)/p+1/t43-,44-,45-,46+,47+,61+,99?/m0/s1. The van der Waals surface area contributed by atoms with Gasteiger partial charge >= 0.3 is 53.8 Å². The number of alkyl halides is 1. The van der Waals surface area contributed by atoms with Crippen molar-refractivity contribution in [3.05, 3.63) is 29.8 Å². The minimum Gasteiger partial charge on any atom is -0.481 e. The van der Waals surface area contributed by atoms with Crippen molar-refractivity contribution < 1.29 is 112 Å². The Morgan fingerprint density at radius 1 is 0.444 bits per heavy atom. The van der Waals surface area contributed by atoms with E-state index in [1.54, 1.807) is 32.9 Å². The molecule has 0 radical (unpaired) electrons. The predicted octanol–water partition coefficient (Wildman–Crippen LogP) is 1.28. The molecule has 1 aromatic carbocycles. The third-order valence-corrected chi connectivity index (χ3v) is 19.1. The van der Waals surface area contributed by atoms with Gasteiger partial charge in [0.15, 0.2) is 4.90 Å². The molecule has 2 rings (SSSR count). The Kier molecular flexibility index (Phi) is 39.2. The Morgan fingerprint density at radius 3 is 1.26 bits per heavy atom. The van der Waals surface area contributed by atoms with E-state index >= 15 is 4.39 Å². The third kappa shape index (κ3) is 36.4. The van der Waals surface area contributed by atoms with E-state index in [-0.39, 0.29) is 128 Å². The van der Waals surface area contributed by atoms with Crippen LogP contribution in [-0.2, 0) is 68.4 Å². The molecule has 0 bridgehead atoms. The molecule has 1 unspecified atom stereocenters. The average molecular weight is 1430 g/mol. The van der Waals surface area contributed by atoms with E-state index in [0.717, 1.165) is 0 Å². The van der Waals surface area contributed by atoms with Crippen LogP contribution in [0, 0.1) is 5.41 Å². The summed E-state index contributed by atoms with van der Waals surface area (Å²) in [6, 6.07) is -2.37. The highest BCUT2D eigenvalue weighted by atomic mass is 32.2. The molecule has 99 heavy (non-hydrogen) atoms. The van der Waals surface area contributed by atoms with Gasteiger partial charge in [-0.15, -0.1) is 0 Å². The molecule has 7 atom stereocenters. The van der Waals surface area contributed by atoms with Crippen LogP contribution in [0.4, 0.5) is 9.18 Å². The van der Waals surface area contributed by atoms with E-state index in [4.69, 9.17) is 5.11 Å². The largest absolute Gasteiger partial charge is 0.481 e. The monoisotopic (exact) mass is 1430 g/mol. The van der Waals surface area contributed by atoms with Gasteiger partial charge in [0.1, 0.15) is 35.0 Å². The first-order valence-corrected chi connectivity index (χ1v) is 34.3. The summed E-state index contributed by atoms with van der Waals surface area (Å²) in [5.41, 5.74) is -1.84. The minimum atomic E-state index is -1.65. The molecular weight excluding hydrogens is 1330 g/mol. The molecule has 1 aliphatic rings. The molecule has 1 heterocycles. The van der Waals surface area contributed by atoms with Crippen LogP contribution in [-0.4, -0.2) is 276 Å². The molecule has 0 spiro atoms. The van der Waals surface area contributed by atoms with Gasteiger partial charge in [-0.3, -0.25) is 67.5 Å². The molecule has 35 heteroatoms. The first-order chi connectivity index (χ1) is 46.4. The van der Waals surface area contributed by atoms with Gasteiger partial charge < -0.3 is 78.1 Å². The van der Waals surface area contributed by atoms with Crippen molar-refractivity contribution in [2.45, 2.75) is 190 Å². The smallest absolute Gasteiger partial charge is 0.326 e. The molecule has 33 nitrogen and oxygen atoms in total. The van der Waals surface area contributed by atoms with Gasteiger partial charge in [0, 0.05) is 109 Å². The summed E-state index contributed by atoms with van der Waals surface area (Å²) in [4.78, 5) is 180. The zero-order chi connectivity index (χ0) is 74.6. The van der Waals surface area contributed by atoms with Gasteiger partial charge in [0.05, 0.1) is 30.5 Å². The lowest BCUT2D eigenvalue weighted by Crippen LogP contribution is -2.56. The third-order valence-electron chi connectivity index (χ3n) is 15.9. The van der Waals surface area contributed by atoms with E-state index in [1.165, 1.54) is 31.7 Å². The number of carbonyl (C=O) groups is 14. The van der Waals surface area contributed by atoms with E-state index in [0.29, 0.717) is 37.0 Å². The van der Waals surface area contributed by atoms with E-state index in [9.17, 15) is 103 Å². The van der Waals surface area contributed by atoms with Gasteiger partial charge in [-0.25, -0.2) is 19.2 Å². The molecule has 15 N–H and O–H groups in total. The lowest BCUT2D eigenvalue weighted by Gasteiger charge is -2.35. The van der Waals surface area contributed by atoms with Crippen molar-refractivity contribution in [1.29, 1.82) is 0 Å². The fourth-order valence-electron chi connectivity index (χ4n) is 10.5. The highest BCUT2D eigenvalue weighted by Crippen LogP contribution is 2.40. The zero-order valence-corrected chi connectivity index (χ0v) is 58.2. The van der Waals surface area contributed by atoms with Crippen LogP contribution in [0.5, 0.6) is 0 Å². The second kappa shape index (κ2) is 44.7. The first-order valence-electron chi connectivity index (χ1n) is 33.0. The summed E-state index contributed by atoms with van der Waals surface area (Å²) in [7, 11) is -0.924. The van der Waals surface area contributed by atoms with E-state index in [2.05, 4.69) is 31.9 Å². The van der Waals surface area contributed by atoms with Crippen molar-refractivity contribution in [2.24, 2.45) is 5.41 Å². The van der Waals surface area contributed by atoms with Crippen molar-refractivity contribution in [1.82, 2.24) is 56.8 Å². The molecule has 558 valence electrons. The highest BCUT2D eigenvalue weighted by molar-refractivity contribution is 7.98. The highest BCUT2D eigenvalue weighted by Gasteiger charge is 2.49. The topological polar surface area (TPSA) is 498 Å². The first kappa shape index (κ1) is 86.8. The molecule has 0 aliphatic carbocycles. The van der Waals surface area contributed by atoms with Crippen LogP contribution in [0.15, 0.2) is 29.2 Å². The van der Waals surface area contributed by atoms with Gasteiger partial charge in [-0.1, -0.05) is 33.6 Å². The second-order valence-electron chi connectivity index (χ2n) is 26.3. The number of urea groups is 1. The summed E-state index contributed by atoms with van der Waals surface area (Å²) in [6.45, 7) is 9.60. The Balaban J connectivity index is 2.10. The van der Waals surface area contributed by atoms with Crippen molar-refractivity contribution >= 4 is 94.2 Å². The van der Waals surface area contributed by atoms with Crippen LogP contribution in [0.2, 0.25) is 0 Å². The van der Waals surface area contributed by atoms with Crippen molar-refractivity contribution in [3.8, 4) is 0 Å². The molecule has 0 saturated carbocycles. The number of rotatable bonds is 44. The summed E-state index contributed by atoms with van der Waals surface area (Å²) in [5.74, 6) is -13.7. The van der Waals surface area contributed by atoms with Gasteiger partial charge in [0.25, 0.3) is 11.4 Å². The van der Waals surface area contributed by atoms with Crippen molar-refractivity contribution in [3.63, 3.8) is 0 Å². The summed E-state index contributed by atoms with van der Waals surface area (Å²) in [5, 5.41) is 94.4. The van der Waals surface area contributed by atoms with Crippen LogP contribution in [0.1, 0.15) is 155 Å². The number of nitrogens with zero attached hydrogens (tertiary/aromatic N) is 4. The number of aliphatic carboxylic acids is 8. The number of benzene rings is 1. The Hall–Kier alpha value is -8.28. The number of carboxylic acids is 8. The maximum Gasteiger partial charge on any atom is 0.326 e. The quantitative estimate of drug-likeness (QED) is 0.0323. The molecule has 1 fully saturated rings. The normalized spacial score (nSPS) is 16.0. The Labute approximate surface area is 577 Å². The molecule has 7 amide bonds. The fourth-order valence-corrected chi connectivity index (χ4v) is 13.2. The van der Waals surface area contributed by atoms with Crippen molar-refractivity contribution in [2.75, 3.05) is 91.6 Å². The fraction of sp³-hybridized carbons (Fsp3) is 0.688. The van der Waals surface area contributed by atoms with Crippen LogP contribution < -0.4 is 37.2 Å². The Morgan fingerprint density at radius 2 is 0.869 bits per heavy atom. The van der Waals surface area contributed by atoms with Gasteiger partial charge in [0.2, 0.25) is 23.6 Å². The summed E-state index contributed by atoms with van der Waals surface area (Å²) < 4.78 is 15.5. The number of carboxylic acid groups (broad SMARTS) is 8. The molecule has 1 aliphatic heterocycles. The lowest BCUT2D eigenvalue weighted by molar-refractivity contribution is -0.145. The van der Waals surface area contributed by atoms with Crippen LogP contribution >= 0.6 is 0 Å². The summed E-state index contributed by atoms with van der Waals surface area (Å²) >= 11 is 0. The van der Waals surface area contributed by atoms with E-state index in [1.807, 2.05) is 26.1 Å². The number of halogens is 1. The van der Waals surface area contributed by atoms with Crippen LogP contribution in [0.25, 0.3) is 0 Å². The maximum atomic E-state index is 16.0. The number of carbonyl (C=O) groups excluding carboxylic acids is 6. The number of nitrogens with one attached hydrogen (secondary N) is 7. The summed E-state index contributed by atoms with van der Waals surface area (Å²) in [6.07, 6.45) is 1.65. The zero-order valence-electron chi connectivity index (χ0n) is 57.4. The number of hydrogen-bond donors (Lipinski definition) is 15. The molecule has 1 aromatic rings. The molecular formula is C64H103FN11O22S+. The predicted molar refractivity (Wildman–Crippen MR) is 357 cm³/mol. The van der Waals surface area contributed by atoms with E-state index < -0.39 is 180 Å². The Bertz CT molecular complexity index is 2830. The molecule has 0 aromatic heterocycles. The number of amides is 7. The molecule has 1 saturated heterocycles. The SMILES string of the molecule is CC(C)(C)[C@H](F)[S+](c1ccc(C(=O)NC[C@@H](NC(=O)CC[C@H](C(=O)O)N2CCN(CC(=O)O)CCN(CC(=O)O)CCN(CC(=O)O)CC2)C(=O)N[C@@H](CCCCNC(=O)CCCCCCC(=O)NCCCC[C@H](NC(=O)N[C@@H](CCC(=O)O)C(=O)O)C(=O)O)C(=O)O)cc1)C(C)(C)C. The van der Waals surface area contributed by atoms with Gasteiger partial charge in [-0.2, -0.15) is 4.39 Å². The van der Waals surface area contributed by atoms with Crippen LogP contribution in [0.3, 0.4) is 0 Å². The maximum absolute atomic E-state index is 16.0. The second-order valence-corrected chi connectivity index (χ2v) is 29.0. The van der Waals surface area contributed by atoms with Gasteiger partial charge in [-0.05, 0) is 109 Å². The number of hydrogen-bond acceptors (Lipinski definition) is 18. The average Bonchev–Trinajstić information content (AvgIpc) is 0.796.